The number of amides is 4. The van der Waals surface area contributed by atoms with Crippen molar-refractivity contribution in [3.05, 3.63) is 0 Å². The maximum Gasteiger partial charge on any atom is 0.328 e. The molecule has 17 heteroatoms. The van der Waals surface area contributed by atoms with Crippen LogP contribution in [-0.2, 0) is 14.2 Å². The molecule has 2 rings (SSSR count). The molecule has 0 radical (unpaired) electrons. The van der Waals surface area contributed by atoms with Gasteiger partial charge in [0.15, 0.2) is 12.6 Å². The molecule has 10 atom stereocenters. The average Bonchev–Trinajstić information content (AvgIpc) is 2.77. The number of ether oxygens (including phenoxy) is 3. The molecule has 0 aromatic carbocycles. The summed E-state index contributed by atoms with van der Waals surface area (Å²) in [5.41, 5.74) is 3.57. The fourth-order valence-corrected chi connectivity index (χ4v) is 3.02. The van der Waals surface area contributed by atoms with Gasteiger partial charge in [0.25, 0.3) is 0 Å². The SMILES string of the molecule is NNC(=O)NCC1O[C@H](O[C@H]2OC(CNC(=O)NN)[C@@H](O)C(O)C2O)C(O)C(O)[C@@H]1O. The number of hydrazine groups is 2. The Morgan fingerprint density at radius 3 is 1.35 bits per heavy atom. The molecule has 0 aromatic heterocycles. The topological polar surface area (TPSA) is 283 Å². The van der Waals surface area contributed by atoms with E-state index in [4.69, 9.17) is 25.9 Å². The van der Waals surface area contributed by atoms with E-state index in [0.717, 1.165) is 0 Å². The molecule has 2 saturated heterocycles. The van der Waals surface area contributed by atoms with Crippen molar-refractivity contribution < 1.29 is 54.4 Å². The maximum absolute atomic E-state index is 11.2. The summed E-state index contributed by atoms with van der Waals surface area (Å²) in [7, 11) is 0. The molecule has 0 saturated carbocycles. The molecular formula is C14H28N6O11. The molecule has 17 nitrogen and oxygen atoms in total. The van der Waals surface area contributed by atoms with Crippen molar-refractivity contribution in [2.75, 3.05) is 13.1 Å². The molecule has 2 aliphatic rings. The van der Waals surface area contributed by atoms with Gasteiger partial charge in [-0.1, -0.05) is 0 Å². The number of aliphatic hydroxyl groups excluding tert-OH is 6. The Morgan fingerprint density at radius 2 is 1.03 bits per heavy atom. The van der Waals surface area contributed by atoms with E-state index in [0.29, 0.717) is 0 Å². The lowest BCUT2D eigenvalue weighted by Crippen LogP contribution is -2.65. The van der Waals surface area contributed by atoms with E-state index in [2.05, 4.69) is 10.6 Å². The first kappa shape index (κ1) is 25.4. The minimum absolute atomic E-state index is 0.343. The first-order valence-electron chi connectivity index (χ1n) is 9.14. The van der Waals surface area contributed by atoms with Crippen LogP contribution in [0.25, 0.3) is 0 Å². The first-order chi connectivity index (χ1) is 14.6. The van der Waals surface area contributed by atoms with E-state index in [1.807, 2.05) is 0 Å². The molecule has 4 amide bonds. The van der Waals surface area contributed by atoms with Crippen molar-refractivity contribution in [2.45, 2.75) is 61.4 Å². The Hall–Kier alpha value is -1.90. The number of urea groups is 2. The third-order valence-electron chi connectivity index (χ3n) is 4.80. The summed E-state index contributed by atoms with van der Waals surface area (Å²) < 4.78 is 16.0. The Balaban J connectivity index is 2.06. The Bertz CT molecular complexity index is 567. The zero-order chi connectivity index (χ0) is 23.3. The first-order valence-corrected chi connectivity index (χ1v) is 9.14. The fraction of sp³-hybridized carbons (Fsp3) is 0.857. The lowest BCUT2D eigenvalue weighted by molar-refractivity contribution is -0.372. The lowest BCUT2D eigenvalue weighted by atomic mass is 9.97. The highest BCUT2D eigenvalue weighted by molar-refractivity contribution is 5.73. The van der Waals surface area contributed by atoms with E-state index in [1.54, 1.807) is 10.9 Å². The van der Waals surface area contributed by atoms with Crippen LogP contribution in [-0.4, -0.2) is 117 Å². The molecule has 2 heterocycles. The summed E-state index contributed by atoms with van der Waals surface area (Å²) in [6, 6.07) is -1.62. The van der Waals surface area contributed by atoms with Gasteiger partial charge >= 0.3 is 12.1 Å². The second kappa shape index (κ2) is 11.1. The second-order valence-corrected chi connectivity index (χ2v) is 6.87. The van der Waals surface area contributed by atoms with Crippen LogP contribution in [0.2, 0.25) is 0 Å². The maximum atomic E-state index is 11.2. The van der Waals surface area contributed by atoms with Gasteiger partial charge in [0.2, 0.25) is 0 Å². The molecule has 0 aromatic rings. The monoisotopic (exact) mass is 456 g/mol. The second-order valence-electron chi connectivity index (χ2n) is 6.87. The van der Waals surface area contributed by atoms with Crippen LogP contribution in [0.4, 0.5) is 9.59 Å². The lowest BCUT2D eigenvalue weighted by Gasteiger charge is -2.45. The molecular weight excluding hydrogens is 428 g/mol. The van der Waals surface area contributed by atoms with Gasteiger partial charge in [0.05, 0.1) is 0 Å². The summed E-state index contributed by atoms with van der Waals surface area (Å²) in [6.07, 6.45) is -16.3. The van der Waals surface area contributed by atoms with Crippen molar-refractivity contribution in [2.24, 2.45) is 11.7 Å². The fourth-order valence-electron chi connectivity index (χ4n) is 3.02. The minimum Gasteiger partial charge on any atom is -0.388 e. The molecule has 2 aliphatic heterocycles. The summed E-state index contributed by atoms with van der Waals surface area (Å²) in [5, 5.41) is 64.9. The number of rotatable bonds is 6. The predicted molar refractivity (Wildman–Crippen MR) is 95.9 cm³/mol. The van der Waals surface area contributed by atoms with E-state index in [-0.39, 0.29) is 13.1 Å². The normalized spacial score (nSPS) is 40.6. The van der Waals surface area contributed by atoms with Crippen LogP contribution in [0.15, 0.2) is 0 Å². The van der Waals surface area contributed by atoms with Crippen LogP contribution in [0.5, 0.6) is 0 Å². The van der Waals surface area contributed by atoms with Crippen LogP contribution >= 0.6 is 0 Å². The van der Waals surface area contributed by atoms with Gasteiger partial charge in [-0.25, -0.2) is 21.3 Å². The highest BCUT2D eigenvalue weighted by Crippen LogP contribution is 2.28. The van der Waals surface area contributed by atoms with Crippen molar-refractivity contribution in [1.82, 2.24) is 21.5 Å². The molecule has 0 bridgehead atoms. The molecule has 31 heavy (non-hydrogen) atoms. The van der Waals surface area contributed by atoms with Gasteiger partial charge in [0.1, 0.15) is 48.8 Å². The summed E-state index contributed by atoms with van der Waals surface area (Å²) in [6.45, 7) is -0.687. The standard InChI is InChI=1S/C14H28N6O11/c15-19-13(27)17-1-3-5(21)7(23)9(25)11(29-3)31-12-10(26)8(24)6(22)4(30-12)2-18-14(28)20-16/h3-12,21-26H,1-2,15-16H2,(H2,17,19,27)(H2,18,20,28)/t3?,4?,5-,6-,7?,8?,9?,10?,11-,12-/m1/s1. The van der Waals surface area contributed by atoms with Gasteiger partial charge in [-0.3, -0.25) is 10.9 Å². The Morgan fingerprint density at radius 1 is 0.677 bits per heavy atom. The van der Waals surface area contributed by atoms with E-state index >= 15 is 0 Å². The molecule has 6 unspecified atom stereocenters. The van der Waals surface area contributed by atoms with Crippen LogP contribution in [0, 0.1) is 0 Å². The summed E-state index contributed by atoms with van der Waals surface area (Å²) in [4.78, 5) is 22.4. The van der Waals surface area contributed by atoms with Gasteiger partial charge < -0.3 is 55.5 Å². The van der Waals surface area contributed by atoms with Gasteiger partial charge in [0, 0.05) is 13.1 Å². The quantitative estimate of drug-likeness (QED) is 0.101. The minimum atomic E-state index is -1.81. The Kier molecular flexibility index (Phi) is 9.09. The van der Waals surface area contributed by atoms with Gasteiger partial charge in [-0.2, -0.15) is 0 Å². The summed E-state index contributed by atoms with van der Waals surface area (Å²) in [5.74, 6) is 9.84. The number of nitrogens with two attached hydrogens (primary N) is 2. The van der Waals surface area contributed by atoms with E-state index in [1.165, 1.54) is 0 Å². The molecule has 180 valence electrons. The molecule has 2 fully saturated rings. The largest absolute Gasteiger partial charge is 0.388 e. The molecule has 0 aliphatic carbocycles. The number of hydrogen-bond acceptors (Lipinski definition) is 13. The number of carbonyl (C=O) groups excluding carboxylic acids is 2. The van der Waals surface area contributed by atoms with Crippen LogP contribution in [0.3, 0.4) is 0 Å². The third kappa shape index (κ3) is 6.08. The average molecular weight is 456 g/mol. The van der Waals surface area contributed by atoms with Crippen molar-refractivity contribution in [3.8, 4) is 0 Å². The Labute approximate surface area is 175 Å². The van der Waals surface area contributed by atoms with Crippen LogP contribution in [0.1, 0.15) is 0 Å². The van der Waals surface area contributed by atoms with Gasteiger partial charge in [-0.05, 0) is 0 Å². The van der Waals surface area contributed by atoms with Crippen molar-refractivity contribution in [1.29, 1.82) is 0 Å². The van der Waals surface area contributed by atoms with Crippen LogP contribution < -0.4 is 33.2 Å². The number of carbonyl (C=O) groups is 2. The molecule has 14 N–H and O–H groups in total. The van der Waals surface area contributed by atoms with Gasteiger partial charge in [-0.15, -0.1) is 0 Å². The molecule has 0 spiro atoms. The number of nitrogens with one attached hydrogen (secondary N) is 4. The summed E-state index contributed by atoms with van der Waals surface area (Å²) >= 11 is 0. The third-order valence-corrected chi connectivity index (χ3v) is 4.80. The van der Waals surface area contributed by atoms with Crippen molar-refractivity contribution >= 4 is 12.1 Å². The van der Waals surface area contributed by atoms with E-state index in [9.17, 15) is 40.2 Å². The predicted octanol–water partition coefficient (Wildman–Crippen LogP) is -7.04. The van der Waals surface area contributed by atoms with E-state index < -0.39 is 73.5 Å². The number of hydrogen-bond donors (Lipinski definition) is 12. The zero-order valence-electron chi connectivity index (χ0n) is 16.1. The highest BCUT2D eigenvalue weighted by Gasteiger charge is 2.49. The smallest absolute Gasteiger partial charge is 0.328 e. The van der Waals surface area contributed by atoms with Crippen molar-refractivity contribution in [3.63, 3.8) is 0 Å². The zero-order valence-corrected chi connectivity index (χ0v) is 16.1. The highest BCUT2D eigenvalue weighted by atomic mass is 16.8. The number of aliphatic hydroxyl groups is 6.